The van der Waals surface area contributed by atoms with Crippen molar-refractivity contribution in [2.45, 2.75) is 42.2 Å². The number of carbonyl (C=O) groups is 9. The van der Waals surface area contributed by atoms with Crippen molar-refractivity contribution in [3.63, 3.8) is 0 Å². The number of oxime groups is 1. The van der Waals surface area contributed by atoms with Gasteiger partial charge in [-0.05, 0) is 32.4 Å². The molecule has 2 aromatic rings. The number of carbonyl (C=O) groups excluding carboxylic acids is 7. The number of rotatable bonds is 15. The number of benzene rings is 1. The molecule has 3 fully saturated rings. The van der Waals surface area contributed by atoms with E-state index in [4.69, 9.17) is 22.2 Å². The highest BCUT2D eigenvalue weighted by Gasteiger charge is 2.66. The molecule has 0 saturated carbocycles. The number of aliphatic carboxylic acids is 2. The molecule has 3 aliphatic heterocycles. The Morgan fingerprint density at radius 2 is 1.71 bits per heavy atom. The summed E-state index contributed by atoms with van der Waals surface area (Å²) >= 11 is 7.41. The van der Waals surface area contributed by atoms with Gasteiger partial charge in [0.15, 0.2) is 22.3 Å². The van der Waals surface area contributed by atoms with E-state index in [1.165, 1.54) is 19.2 Å². The Kier molecular flexibility index (Phi) is 12.2. The first-order valence-corrected chi connectivity index (χ1v) is 18.8. The first-order valence-electron chi connectivity index (χ1n) is 16.6. The van der Waals surface area contributed by atoms with E-state index in [0.717, 1.165) is 33.3 Å². The molecular formula is C31H33ClN10O14S2. The number of anilines is 1. The van der Waals surface area contributed by atoms with Crippen molar-refractivity contribution in [2.75, 3.05) is 38.5 Å². The molecule has 0 aliphatic carbocycles. The molecule has 27 heteroatoms. The maximum atomic E-state index is 13.4. The number of carboxylic acid groups (broad SMARTS) is 2. The van der Waals surface area contributed by atoms with Crippen molar-refractivity contribution in [1.82, 2.24) is 41.2 Å². The fraction of sp³-hybridized carbons (Fsp3) is 0.387. The third-order valence-electron chi connectivity index (χ3n) is 8.68. The third kappa shape index (κ3) is 8.33. The van der Waals surface area contributed by atoms with Gasteiger partial charge in [-0.3, -0.25) is 39.1 Å². The monoisotopic (exact) mass is 868 g/mol. The predicted octanol–water partition coefficient (Wildman–Crippen LogP) is -2.17. The average Bonchev–Trinajstić information content (AvgIpc) is 3.88. The van der Waals surface area contributed by atoms with Crippen LogP contribution in [-0.2, 0) is 38.4 Å². The van der Waals surface area contributed by atoms with Crippen LogP contribution in [-0.4, -0.2) is 154 Å². The lowest BCUT2D eigenvalue weighted by Crippen LogP contribution is -2.68. The van der Waals surface area contributed by atoms with Crippen molar-refractivity contribution in [3.05, 3.63) is 33.8 Å². The molecule has 3 aliphatic rings. The summed E-state index contributed by atoms with van der Waals surface area (Å²) in [7, 11) is 0. The van der Waals surface area contributed by atoms with Crippen molar-refractivity contribution in [2.24, 2.45) is 5.16 Å². The zero-order valence-corrected chi connectivity index (χ0v) is 32.4. The number of hydrogen-bond acceptors (Lipinski definition) is 17. The summed E-state index contributed by atoms with van der Waals surface area (Å²) < 4.78 is 0. The Labute approximate surface area is 338 Å². The van der Waals surface area contributed by atoms with Crippen LogP contribution in [0.4, 0.5) is 9.93 Å². The minimum Gasteiger partial charge on any atom is -0.504 e. The average molecular weight is 869 g/mol. The quantitative estimate of drug-likeness (QED) is 0.0175. The number of halogens is 1. The van der Waals surface area contributed by atoms with Crippen LogP contribution in [0.25, 0.3) is 0 Å². The highest BCUT2D eigenvalue weighted by atomic mass is 35.5. The number of fused-ring (bicyclic) bond motifs is 1. The molecule has 0 unspecified atom stereocenters. The fourth-order valence-electron chi connectivity index (χ4n) is 5.47. The molecule has 58 heavy (non-hydrogen) atoms. The normalized spacial score (nSPS) is 20.2. The summed E-state index contributed by atoms with van der Waals surface area (Å²) in [6.07, 6.45) is 0.0313. The lowest BCUT2D eigenvalue weighted by Gasteiger charge is -2.41. The molecule has 5 rings (SSSR count). The van der Waals surface area contributed by atoms with Gasteiger partial charge >= 0.3 is 29.8 Å². The van der Waals surface area contributed by atoms with Gasteiger partial charge in [-0.2, -0.15) is 0 Å². The van der Waals surface area contributed by atoms with E-state index in [-0.39, 0.29) is 49.0 Å². The molecule has 0 bridgehead atoms. The zero-order chi connectivity index (χ0) is 42.9. The van der Waals surface area contributed by atoms with Crippen molar-refractivity contribution >= 4 is 98.8 Å². The van der Waals surface area contributed by atoms with Crippen LogP contribution in [0.2, 0.25) is 5.02 Å². The van der Waals surface area contributed by atoms with Crippen LogP contribution in [0.15, 0.2) is 22.7 Å². The summed E-state index contributed by atoms with van der Waals surface area (Å²) in [4.78, 5) is 123. The van der Waals surface area contributed by atoms with E-state index in [2.05, 4.69) is 31.5 Å². The van der Waals surface area contributed by atoms with Crippen LogP contribution in [0.1, 0.15) is 36.3 Å². The summed E-state index contributed by atoms with van der Waals surface area (Å²) in [5.74, 6) is -10.7. The number of β-lactam (4-membered cyclic amide) rings is 1. The molecular weight excluding hydrogens is 836 g/mol. The molecule has 10 N–H and O–H groups in total. The van der Waals surface area contributed by atoms with Crippen LogP contribution in [0.3, 0.4) is 0 Å². The highest BCUT2D eigenvalue weighted by Crippen LogP contribution is 2.49. The minimum absolute atomic E-state index is 0.0313. The number of phenolic OH excluding ortho intramolecular Hbond substituents is 2. The highest BCUT2D eigenvalue weighted by molar-refractivity contribution is 8.02. The maximum Gasteiger partial charge on any atom is 0.350 e. The molecule has 4 heterocycles. The van der Waals surface area contributed by atoms with E-state index in [0.29, 0.717) is 16.8 Å². The number of nitrogens with one attached hydrogen (secondary N) is 4. The largest absolute Gasteiger partial charge is 0.504 e. The number of nitrogen functional groups attached to an aromatic ring is 1. The van der Waals surface area contributed by atoms with Gasteiger partial charge in [0.2, 0.25) is 16.4 Å². The second-order valence-corrected chi connectivity index (χ2v) is 15.6. The molecule has 7 amide bonds. The molecule has 1 aromatic heterocycles. The van der Waals surface area contributed by atoms with Gasteiger partial charge in [-0.1, -0.05) is 28.5 Å². The maximum absolute atomic E-state index is 13.4. The number of Topliss-reactive ketones (excluding diaryl/α,β-unsaturated/α-hetero) is 1. The van der Waals surface area contributed by atoms with Crippen LogP contribution < -0.4 is 27.1 Å². The number of aromatic hydroxyl groups is 2. The number of urea groups is 1. The Bertz CT molecular complexity index is 2150. The summed E-state index contributed by atoms with van der Waals surface area (Å²) in [5.41, 5.74) is 4.92. The van der Waals surface area contributed by atoms with Gasteiger partial charge in [-0.15, -0.1) is 11.3 Å². The van der Waals surface area contributed by atoms with Crippen LogP contribution in [0, 0.1) is 0 Å². The lowest BCUT2D eigenvalue weighted by molar-refractivity contribution is -0.161. The van der Waals surface area contributed by atoms with Gasteiger partial charge in [0, 0.05) is 25.0 Å². The molecule has 3 saturated heterocycles. The van der Waals surface area contributed by atoms with Crippen molar-refractivity contribution in [3.8, 4) is 11.5 Å². The van der Waals surface area contributed by atoms with E-state index < -0.39 is 104 Å². The Morgan fingerprint density at radius 1 is 1.03 bits per heavy atom. The number of nitrogens with two attached hydrogens (primary N) is 1. The predicted molar refractivity (Wildman–Crippen MR) is 198 cm³/mol. The van der Waals surface area contributed by atoms with Gasteiger partial charge < -0.3 is 51.8 Å². The number of thioether (sulfide) groups is 1. The van der Waals surface area contributed by atoms with E-state index in [1.54, 1.807) is 0 Å². The Morgan fingerprint density at radius 3 is 2.33 bits per heavy atom. The summed E-state index contributed by atoms with van der Waals surface area (Å²) in [6.45, 7) is 0.976. The van der Waals surface area contributed by atoms with E-state index in [9.17, 15) is 63.6 Å². The lowest BCUT2D eigenvalue weighted by atomic mass is 10.1. The number of nitrogens with zero attached hydrogens (tertiary/aromatic N) is 5. The summed E-state index contributed by atoms with van der Waals surface area (Å²) in [5, 5.41) is 50.0. The molecule has 3 atom stereocenters. The molecule has 1 aromatic carbocycles. The molecule has 310 valence electrons. The van der Waals surface area contributed by atoms with E-state index >= 15 is 0 Å². The third-order valence-corrected chi connectivity index (χ3v) is 11.4. The number of aromatic nitrogens is 1. The number of hydrogen-bond donors (Lipinski definition) is 9. The second kappa shape index (κ2) is 16.6. The standard InChI is InChI=1S/C31H33ClN10O14S2/c1-30(2,26(51)52)56-39-16(13-10-57-28(33)36-13)20(46)37-17-24(50)40-11-31(27(53)54,58-25(17)40)41-8-9-42(29(41)55)38-23(49)22(48)35-7-3-6-34-21(47)18(44)12-4-5-14(43)19(45)15(12)32/h4-5,10,17,25,43,45H,3,6-9,11H2,1-2H3,(H2,33,36)(H,34,47)(H,35,48)(H,37,46)(H,38,49)(H,51,52)(H,53,54)/b39-16-/t17-,25-,31-/m1/s1. The van der Waals surface area contributed by atoms with Gasteiger partial charge in [0.05, 0.1) is 23.7 Å². The first-order chi connectivity index (χ1) is 27.2. The number of thiazole rings is 1. The fourth-order valence-corrected chi connectivity index (χ4v) is 7.90. The van der Waals surface area contributed by atoms with Gasteiger partial charge in [-0.25, -0.2) is 24.4 Å². The number of carboxylic acids is 2. The van der Waals surface area contributed by atoms with Gasteiger partial charge in [0.1, 0.15) is 17.1 Å². The molecule has 0 spiro atoms. The van der Waals surface area contributed by atoms with Crippen LogP contribution in [0.5, 0.6) is 11.5 Å². The number of hydrazine groups is 1. The SMILES string of the molecule is CC(C)(O/N=C(\C(=O)N[C@@H]1C(=O)N2C[C@@](C(=O)O)(N3CCN(NC(=O)C(=O)NCCCNC(=O)C(=O)c4ccc(O)c(O)c4Cl)C3=O)S[C@H]12)c1csc(N)n1)C(=O)O. The van der Waals surface area contributed by atoms with Crippen molar-refractivity contribution < 1.29 is 68.4 Å². The topological polar surface area (TPSA) is 353 Å². The molecule has 24 nitrogen and oxygen atoms in total. The molecule has 0 radical (unpaired) electrons. The van der Waals surface area contributed by atoms with Crippen LogP contribution >= 0.6 is 34.7 Å². The van der Waals surface area contributed by atoms with Crippen molar-refractivity contribution in [1.29, 1.82) is 0 Å². The number of ketones is 1. The number of phenols is 2. The number of amides is 7. The Hall–Kier alpha value is -6.41. The van der Waals surface area contributed by atoms with E-state index in [1.807, 2.05) is 0 Å². The second-order valence-electron chi connectivity index (χ2n) is 12.9. The smallest absolute Gasteiger partial charge is 0.350 e. The minimum atomic E-state index is -2.09. The Balaban J connectivity index is 1.14. The summed E-state index contributed by atoms with van der Waals surface area (Å²) in [6, 6.07) is -0.335. The zero-order valence-electron chi connectivity index (χ0n) is 30.0. The van der Waals surface area contributed by atoms with Gasteiger partial charge in [0.25, 0.3) is 17.6 Å². The first kappa shape index (κ1) is 42.7.